The van der Waals surface area contributed by atoms with Crippen molar-refractivity contribution in [1.82, 2.24) is 4.90 Å². The van der Waals surface area contributed by atoms with Gasteiger partial charge in [-0.15, -0.1) is 0 Å². The Morgan fingerprint density at radius 3 is 2.44 bits per heavy atom. The highest BCUT2D eigenvalue weighted by Gasteiger charge is 2.15. The summed E-state index contributed by atoms with van der Waals surface area (Å²) in [7, 11) is 4.90. The van der Waals surface area contributed by atoms with E-state index in [9.17, 15) is 9.59 Å². The van der Waals surface area contributed by atoms with Gasteiger partial charge in [-0.05, 0) is 35.9 Å². The van der Waals surface area contributed by atoms with Gasteiger partial charge in [0.2, 0.25) is 11.8 Å². The molecule has 0 atom stereocenters. The van der Waals surface area contributed by atoms with Crippen LogP contribution >= 0.6 is 0 Å². The van der Waals surface area contributed by atoms with Gasteiger partial charge >= 0.3 is 0 Å². The first-order valence-electron chi connectivity index (χ1n) is 7.90. The minimum absolute atomic E-state index is 0.00663. The summed E-state index contributed by atoms with van der Waals surface area (Å²) >= 11 is 0. The van der Waals surface area contributed by atoms with Gasteiger partial charge in [0.15, 0.2) is 0 Å². The highest BCUT2D eigenvalue weighted by Crippen LogP contribution is 2.14. The van der Waals surface area contributed by atoms with Gasteiger partial charge in [0, 0.05) is 25.9 Å². The first kappa shape index (κ1) is 18.3. The van der Waals surface area contributed by atoms with Crippen LogP contribution in [0, 0.1) is 0 Å². The fourth-order valence-corrected chi connectivity index (χ4v) is 2.22. The normalized spacial score (nSPS) is 10.5. The fraction of sp³-hybridized carbons (Fsp3) is 0.200. The first-order valence-corrected chi connectivity index (χ1v) is 7.90. The molecule has 0 fully saturated rings. The third-order valence-corrected chi connectivity index (χ3v) is 3.78. The Morgan fingerprint density at radius 2 is 1.76 bits per heavy atom. The molecule has 130 valence electrons. The maximum atomic E-state index is 12.3. The van der Waals surface area contributed by atoms with Crippen molar-refractivity contribution in [2.45, 2.75) is 0 Å². The van der Waals surface area contributed by atoms with Crippen molar-refractivity contribution in [3.05, 3.63) is 66.2 Å². The number of para-hydroxylation sites is 1. The second kappa shape index (κ2) is 8.68. The van der Waals surface area contributed by atoms with Crippen LogP contribution in [-0.4, -0.2) is 44.5 Å². The van der Waals surface area contributed by atoms with Crippen molar-refractivity contribution >= 4 is 23.6 Å². The van der Waals surface area contributed by atoms with Crippen LogP contribution in [0.3, 0.4) is 0 Å². The van der Waals surface area contributed by atoms with Crippen LogP contribution < -0.4 is 9.64 Å². The van der Waals surface area contributed by atoms with Crippen LogP contribution in [0.4, 0.5) is 5.69 Å². The van der Waals surface area contributed by atoms with E-state index in [0.717, 1.165) is 17.0 Å². The number of nitrogens with zero attached hydrogens (tertiary/aromatic N) is 2. The summed E-state index contributed by atoms with van der Waals surface area (Å²) in [5.41, 5.74) is 1.65. The molecule has 0 radical (unpaired) electrons. The van der Waals surface area contributed by atoms with E-state index in [1.54, 1.807) is 27.3 Å². The summed E-state index contributed by atoms with van der Waals surface area (Å²) in [5, 5.41) is 0. The third kappa shape index (κ3) is 5.21. The Hall–Kier alpha value is -3.08. The third-order valence-electron chi connectivity index (χ3n) is 3.78. The molecule has 2 aromatic carbocycles. The van der Waals surface area contributed by atoms with E-state index in [4.69, 9.17) is 4.74 Å². The largest absolute Gasteiger partial charge is 0.497 e. The molecular formula is C20H22N2O3. The van der Waals surface area contributed by atoms with Gasteiger partial charge in [0.25, 0.3) is 0 Å². The zero-order valence-electron chi connectivity index (χ0n) is 14.7. The maximum Gasteiger partial charge on any atom is 0.246 e. The van der Waals surface area contributed by atoms with Crippen molar-refractivity contribution in [3.8, 4) is 5.75 Å². The summed E-state index contributed by atoms with van der Waals surface area (Å²) in [4.78, 5) is 27.4. The molecule has 25 heavy (non-hydrogen) atoms. The number of hydrogen-bond acceptors (Lipinski definition) is 3. The van der Waals surface area contributed by atoms with E-state index in [-0.39, 0.29) is 18.4 Å². The summed E-state index contributed by atoms with van der Waals surface area (Å²) < 4.78 is 5.15. The van der Waals surface area contributed by atoms with Crippen LogP contribution in [0.5, 0.6) is 5.75 Å². The van der Waals surface area contributed by atoms with Crippen molar-refractivity contribution in [3.63, 3.8) is 0 Å². The summed E-state index contributed by atoms with van der Waals surface area (Å²) in [6, 6.07) is 16.7. The molecule has 0 N–H and O–H groups in total. The Bertz CT molecular complexity index is 757. The van der Waals surface area contributed by atoms with E-state index in [2.05, 4.69) is 0 Å². The van der Waals surface area contributed by atoms with Crippen molar-refractivity contribution < 1.29 is 14.3 Å². The van der Waals surface area contributed by atoms with Gasteiger partial charge in [-0.25, -0.2) is 0 Å². The van der Waals surface area contributed by atoms with Gasteiger partial charge < -0.3 is 14.5 Å². The van der Waals surface area contributed by atoms with Gasteiger partial charge in [0.1, 0.15) is 12.3 Å². The van der Waals surface area contributed by atoms with E-state index in [0.29, 0.717) is 0 Å². The number of amides is 2. The Labute approximate surface area is 148 Å². The SMILES string of the molecule is COc1cccc(/C=C/C(=O)N(C)CC(=O)N(C)c2ccccc2)c1. The molecule has 5 heteroatoms. The van der Waals surface area contributed by atoms with Crippen molar-refractivity contribution in [1.29, 1.82) is 0 Å². The van der Waals surface area contributed by atoms with E-state index >= 15 is 0 Å². The minimum atomic E-state index is -0.238. The van der Waals surface area contributed by atoms with E-state index < -0.39 is 0 Å². The first-order chi connectivity index (χ1) is 12.0. The molecule has 0 unspecified atom stereocenters. The maximum absolute atomic E-state index is 12.3. The number of likely N-dealkylation sites (N-methyl/N-ethyl adjacent to an activating group) is 2. The number of methoxy groups -OCH3 is 1. The monoisotopic (exact) mass is 338 g/mol. The standard InChI is InChI=1S/C20H22N2O3/c1-21(15-20(24)22(2)17-9-5-4-6-10-17)19(23)13-12-16-8-7-11-18(14-16)25-3/h4-14H,15H2,1-3H3/b13-12+. The highest BCUT2D eigenvalue weighted by molar-refractivity contribution is 5.98. The van der Waals surface area contributed by atoms with Crippen molar-refractivity contribution in [2.24, 2.45) is 0 Å². The lowest BCUT2D eigenvalue weighted by Crippen LogP contribution is -2.38. The summed E-state index contributed by atoms with van der Waals surface area (Å²) in [5.74, 6) is 0.331. The molecule has 0 spiro atoms. The molecule has 5 nitrogen and oxygen atoms in total. The average Bonchev–Trinajstić information content (AvgIpc) is 2.66. The quantitative estimate of drug-likeness (QED) is 0.761. The lowest BCUT2D eigenvalue weighted by Gasteiger charge is -2.21. The second-order valence-electron chi connectivity index (χ2n) is 5.59. The van der Waals surface area contributed by atoms with Gasteiger partial charge in [-0.3, -0.25) is 9.59 Å². The molecule has 0 saturated heterocycles. The summed E-state index contributed by atoms with van der Waals surface area (Å²) in [6.45, 7) is 0.00663. The fourth-order valence-electron chi connectivity index (χ4n) is 2.22. The molecule has 2 aromatic rings. The van der Waals surface area contributed by atoms with Crippen LogP contribution in [0.2, 0.25) is 0 Å². The molecule has 0 bridgehead atoms. The number of carbonyl (C=O) groups is 2. The Balaban J connectivity index is 1.95. The molecule has 0 saturated carbocycles. The smallest absolute Gasteiger partial charge is 0.246 e. The molecule has 0 aliphatic rings. The van der Waals surface area contributed by atoms with E-state index in [1.165, 1.54) is 15.9 Å². The number of rotatable bonds is 6. The Morgan fingerprint density at radius 1 is 1.04 bits per heavy atom. The van der Waals surface area contributed by atoms with Crippen LogP contribution in [-0.2, 0) is 9.59 Å². The lowest BCUT2D eigenvalue weighted by molar-refractivity contribution is -0.129. The second-order valence-corrected chi connectivity index (χ2v) is 5.59. The zero-order chi connectivity index (χ0) is 18.2. The van der Waals surface area contributed by atoms with Gasteiger partial charge in [-0.1, -0.05) is 30.3 Å². The molecule has 0 heterocycles. The van der Waals surface area contributed by atoms with Crippen molar-refractivity contribution in [2.75, 3.05) is 32.6 Å². The average molecular weight is 338 g/mol. The topological polar surface area (TPSA) is 49.9 Å². The molecule has 0 aliphatic heterocycles. The van der Waals surface area contributed by atoms with Crippen LogP contribution in [0.25, 0.3) is 6.08 Å². The van der Waals surface area contributed by atoms with Crippen LogP contribution in [0.15, 0.2) is 60.7 Å². The molecule has 0 aromatic heterocycles. The summed E-state index contributed by atoms with van der Waals surface area (Å²) in [6.07, 6.45) is 3.15. The highest BCUT2D eigenvalue weighted by atomic mass is 16.5. The molecule has 2 rings (SSSR count). The Kier molecular flexibility index (Phi) is 6.34. The lowest BCUT2D eigenvalue weighted by atomic mass is 10.2. The number of benzene rings is 2. The van der Waals surface area contributed by atoms with Gasteiger partial charge in [-0.2, -0.15) is 0 Å². The van der Waals surface area contributed by atoms with Crippen LogP contribution in [0.1, 0.15) is 5.56 Å². The number of carbonyl (C=O) groups excluding carboxylic acids is 2. The molecule has 2 amide bonds. The predicted molar refractivity (Wildman–Crippen MR) is 99.5 cm³/mol. The molecule has 0 aliphatic carbocycles. The molecular weight excluding hydrogens is 316 g/mol. The number of ether oxygens (including phenoxy) is 1. The predicted octanol–water partition coefficient (Wildman–Crippen LogP) is 2.83. The minimum Gasteiger partial charge on any atom is -0.497 e. The van der Waals surface area contributed by atoms with Gasteiger partial charge in [0.05, 0.1) is 7.11 Å². The number of hydrogen-bond donors (Lipinski definition) is 0. The zero-order valence-corrected chi connectivity index (χ0v) is 14.7. The number of anilines is 1. The van der Waals surface area contributed by atoms with E-state index in [1.807, 2.05) is 54.6 Å².